The number of amides is 1. The molecule has 4 nitrogen and oxygen atoms in total. The SMILES string of the molecule is CNC(=O)C(NC(CCc1ccc(C(F)(F)F)cc1)c1ccc(Cl)nc1)c1ccccc1. The fraction of sp³-hybridized carbons (Fsp3) is 0.250. The normalized spacial score (nSPS) is 13.4. The maximum Gasteiger partial charge on any atom is 0.416 e. The highest BCUT2D eigenvalue weighted by atomic mass is 35.5. The molecular weight excluding hydrogens is 439 g/mol. The molecule has 0 fully saturated rings. The summed E-state index contributed by atoms with van der Waals surface area (Å²) in [5, 5.41) is 6.41. The molecule has 2 N–H and O–H groups in total. The highest BCUT2D eigenvalue weighted by Gasteiger charge is 2.30. The predicted molar refractivity (Wildman–Crippen MR) is 118 cm³/mol. The zero-order chi connectivity index (χ0) is 23.1. The van der Waals surface area contributed by atoms with Crippen molar-refractivity contribution in [3.05, 3.63) is 100 Å². The number of carbonyl (C=O) groups is 1. The number of nitrogens with zero attached hydrogens (tertiary/aromatic N) is 1. The Morgan fingerprint density at radius 1 is 1.00 bits per heavy atom. The standard InChI is InChI=1S/C24H23ClF3N3O/c1-29-23(32)22(17-5-3-2-4-6-17)31-20(18-10-14-21(25)30-15-18)13-9-16-7-11-19(12-8-16)24(26,27)28/h2-8,10-12,14-15,20,22,31H,9,13H2,1H3,(H,29,32). The maximum absolute atomic E-state index is 12.8. The van der Waals surface area contributed by atoms with Gasteiger partial charge in [-0.25, -0.2) is 4.98 Å². The van der Waals surface area contributed by atoms with Crippen LogP contribution in [-0.4, -0.2) is 17.9 Å². The van der Waals surface area contributed by atoms with E-state index in [-0.39, 0.29) is 11.9 Å². The van der Waals surface area contributed by atoms with Crippen molar-refractivity contribution in [3.63, 3.8) is 0 Å². The second-order valence-electron chi connectivity index (χ2n) is 7.32. The molecular formula is C24H23ClF3N3O. The molecule has 3 rings (SSSR count). The Bertz CT molecular complexity index is 1010. The van der Waals surface area contributed by atoms with E-state index in [0.29, 0.717) is 18.0 Å². The number of benzene rings is 2. The van der Waals surface area contributed by atoms with Crippen molar-refractivity contribution in [3.8, 4) is 0 Å². The van der Waals surface area contributed by atoms with Crippen LogP contribution in [0.25, 0.3) is 0 Å². The molecule has 2 unspecified atom stereocenters. The van der Waals surface area contributed by atoms with Crippen LogP contribution in [0.2, 0.25) is 5.15 Å². The Kier molecular flexibility index (Phi) is 7.88. The summed E-state index contributed by atoms with van der Waals surface area (Å²) in [7, 11) is 1.57. The number of rotatable bonds is 8. The molecule has 168 valence electrons. The average molecular weight is 462 g/mol. The molecule has 0 bridgehead atoms. The van der Waals surface area contributed by atoms with E-state index in [0.717, 1.165) is 28.8 Å². The van der Waals surface area contributed by atoms with E-state index in [4.69, 9.17) is 11.6 Å². The topological polar surface area (TPSA) is 54.0 Å². The van der Waals surface area contributed by atoms with Gasteiger partial charge in [-0.05, 0) is 47.7 Å². The molecule has 1 amide bonds. The first-order valence-corrected chi connectivity index (χ1v) is 10.5. The lowest BCUT2D eigenvalue weighted by molar-refractivity contribution is -0.137. The van der Waals surface area contributed by atoms with Crippen molar-refractivity contribution in [2.24, 2.45) is 0 Å². The fourth-order valence-electron chi connectivity index (χ4n) is 3.43. The van der Waals surface area contributed by atoms with Gasteiger partial charge in [-0.2, -0.15) is 13.2 Å². The molecule has 32 heavy (non-hydrogen) atoms. The Morgan fingerprint density at radius 2 is 1.69 bits per heavy atom. The minimum atomic E-state index is -4.37. The van der Waals surface area contributed by atoms with Crippen molar-refractivity contribution in [1.82, 2.24) is 15.6 Å². The number of hydrogen-bond acceptors (Lipinski definition) is 3. The van der Waals surface area contributed by atoms with Gasteiger partial charge in [0, 0.05) is 19.3 Å². The number of halogens is 4. The molecule has 0 aliphatic rings. The van der Waals surface area contributed by atoms with Crippen molar-refractivity contribution in [1.29, 1.82) is 0 Å². The number of pyridine rings is 1. The number of nitrogens with one attached hydrogen (secondary N) is 2. The number of aryl methyl sites for hydroxylation is 1. The number of alkyl halides is 3. The van der Waals surface area contributed by atoms with E-state index in [9.17, 15) is 18.0 Å². The monoisotopic (exact) mass is 461 g/mol. The smallest absolute Gasteiger partial charge is 0.358 e. The third kappa shape index (κ3) is 6.31. The number of likely N-dealkylation sites (N-methyl/N-ethyl adjacent to an activating group) is 1. The van der Waals surface area contributed by atoms with Gasteiger partial charge in [0.25, 0.3) is 0 Å². The van der Waals surface area contributed by atoms with Crippen molar-refractivity contribution in [2.75, 3.05) is 7.05 Å². The van der Waals surface area contributed by atoms with Gasteiger partial charge in [0.2, 0.25) is 5.91 Å². The lowest BCUT2D eigenvalue weighted by atomic mass is 9.97. The van der Waals surface area contributed by atoms with E-state index in [1.807, 2.05) is 36.4 Å². The second-order valence-corrected chi connectivity index (χ2v) is 7.71. The van der Waals surface area contributed by atoms with E-state index in [1.54, 1.807) is 19.3 Å². The maximum atomic E-state index is 12.8. The quantitative estimate of drug-likeness (QED) is 0.435. The minimum Gasteiger partial charge on any atom is -0.358 e. The summed E-state index contributed by atoms with van der Waals surface area (Å²) >= 11 is 5.93. The van der Waals surface area contributed by atoms with Crippen LogP contribution in [0.15, 0.2) is 72.9 Å². The van der Waals surface area contributed by atoms with Gasteiger partial charge in [0.05, 0.1) is 5.56 Å². The van der Waals surface area contributed by atoms with Gasteiger partial charge in [0.15, 0.2) is 0 Å². The van der Waals surface area contributed by atoms with Crippen LogP contribution in [0.1, 0.15) is 40.8 Å². The molecule has 0 saturated carbocycles. The Balaban J connectivity index is 1.83. The van der Waals surface area contributed by atoms with Crippen LogP contribution in [-0.2, 0) is 17.4 Å². The first-order valence-electron chi connectivity index (χ1n) is 10.1. The summed E-state index contributed by atoms with van der Waals surface area (Å²) in [6, 6.07) is 17.0. The van der Waals surface area contributed by atoms with Gasteiger partial charge in [-0.1, -0.05) is 60.1 Å². The molecule has 0 aliphatic carbocycles. The summed E-state index contributed by atoms with van der Waals surface area (Å²) in [5.74, 6) is -0.197. The summed E-state index contributed by atoms with van der Waals surface area (Å²) in [5.41, 5.74) is 1.71. The van der Waals surface area contributed by atoms with Crippen molar-refractivity contribution < 1.29 is 18.0 Å². The van der Waals surface area contributed by atoms with Crippen LogP contribution in [0.5, 0.6) is 0 Å². The number of carbonyl (C=O) groups excluding carboxylic acids is 1. The average Bonchev–Trinajstić information content (AvgIpc) is 2.80. The molecule has 1 aromatic heterocycles. The van der Waals surface area contributed by atoms with Gasteiger partial charge < -0.3 is 5.32 Å². The van der Waals surface area contributed by atoms with E-state index in [2.05, 4.69) is 15.6 Å². The zero-order valence-electron chi connectivity index (χ0n) is 17.4. The molecule has 0 aliphatic heterocycles. The summed E-state index contributed by atoms with van der Waals surface area (Å²) in [6.45, 7) is 0. The molecule has 3 aromatic rings. The first kappa shape index (κ1) is 23.8. The Morgan fingerprint density at radius 3 is 2.25 bits per heavy atom. The van der Waals surface area contributed by atoms with Gasteiger partial charge in [-0.15, -0.1) is 0 Å². The molecule has 8 heteroatoms. The first-order chi connectivity index (χ1) is 15.3. The van der Waals surface area contributed by atoms with Crippen LogP contribution in [0.3, 0.4) is 0 Å². The summed E-state index contributed by atoms with van der Waals surface area (Å²) in [6.07, 6.45) is -1.69. The largest absolute Gasteiger partial charge is 0.416 e. The van der Waals surface area contributed by atoms with E-state index < -0.39 is 17.8 Å². The lowest BCUT2D eigenvalue weighted by Gasteiger charge is -2.26. The fourth-order valence-corrected chi connectivity index (χ4v) is 3.54. The third-order valence-corrected chi connectivity index (χ3v) is 5.39. The van der Waals surface area contributed by atoms with Crippen LogP contribution in [0.4, 0.5) is 13.2 Å². The van der Waals surface area contributed by atoms with Crippen LogP contribution < -0.4 is 10.6 Å². The molecule has 0 saturated heterocycles. The highest BCUT2D eigenvalue weighted by Crippen LogP contribution is 2.30. The van der Waals surface area contributed by atoms with Crippen molar-refractivity contribution >= 4 is 17.5 Å². The van der Waals surface area contributed by atoms with Gasteiger partial charge in [-0.3, -0.25) is 10.1 Å². The second kappa shape index (κ2) is 10.6. The zero-order valence-corrected chi connectivity index (χ0v) is 18.1. The summed E-state index contributed by atoms with van der Waals surface area (Å²) in [4.78, 5) is 16.8. The van der Waals surface area contributed by atoms with Crippen LogP contribution >= 0.6 is 11.6 Å². The molecule has 1 heterocycles. The molecule has 2 atom stereocenters. The molecule has 0 spiro atoms. The summed E-state index contributed by atoms with van der Waals surface area (Å²) < 4.78 is 38.5. The number of aromatic nitrogens is 1. The van der Waals surface area contributed by atoms with E-state index in [1.165, 1.54) is 12.1 Å². The molecule has 0 radical (unpaired) electrons. The lowest BCUT2D eigenvalue weighted by Crippen LogP contribution is -2.38. The van der Waals surface area contributed by atoms with E-state index >= 15 is 0 Å². The van der Waals surface area contributed by atoms with Crippen molar-refractivity contribution in [2.45, 2.75) is 31.1 Å². The van der Waals surface area contributed by atoms with Gasteiger partial charge >= 0.3 is 6.18 Å². The molecule has 2 aromatic carbocycles. The highest BCUT2D eigenvalue weighted by molar-refractivity contribution is 6.29. The Labute approximate surface area is 189 Å². The minimum absolute atomic E-state index is 0.197. The van der Waals surface area contributed by atoms with Crippen LogP contribution in [0, 0.1) is 0 Å². The Hall–Kier alpha value is -2.90. The third-order valence-electron chi connectivity index (χ3n) is 5.16. The predicted octanol–water partition coefficient (Wildman–Crippen LogP) is 5.50. The van der Waals surface area contributed by atoms with Gasteiger partial charge in [0.1, 0.15) is 11.2 Å². The number of hydrogen-bond donors (Lipinski definition) is 2.